The number of hydrogen-bond acceptors (Lipinski definition) is 0. The molecule has 27 heavy (non-hydrogen) atoms. The van der Waals surface area contributed by atoms with Crippen LogP contribution in [0, 0.1) is 0 Å². The zero-order valence-corrected chi connectivity index (χ0v) is 15.8. The van der Waals surface area contributed by atoms with Crippen molar-refractivity contribution in [3.63, 3.8) is 0 Å². The summed E-state index contributed by atoms with van der Waals surface area (Å²) in [4.78, 5) is 0. The van der Waals surface area contributed by atoms with Crippen molar-refractivity contribution < 1.29 is 0 Å². The molecule has 0 aliphatic heterocycles. The predicted molar refractivity (Wildman–Crippen MR) is 118 cm³/mol. The first kappa shape index (κ1) is 17.3. The van der Waals surface area contributed by atoms with Crippen LogP contribution >= 0.6 is 0 Å². The first-order chi connectivity index (χ1) is 13.2. The van der Waals surface area contributed by atoms with E-state index in [0.29, 0.717) is 0 Å². The van der Waals surface area contributed by atoms with Gasteiger partial charge in [-0.3, -0.25) is 0 Å². The number of rotatable bonds is 5. The van der Waals surface area contributed by atoms with Crippen molar-refractivity contribution in [2.24, 2.45) is 0 Å². The molecule has 0 heterocycles. The Labute approximate surface area is 161 Å². The molecule has 0 N–H and O–H groups in total. The summed E-state index contributed by atoms with van der Waals surface area (Å²) in [5, 5.41) is 2.61. The Kier molecular flexibility index (Phi) is 4.89. The quantitative estimate of drug-likeness (QED) is 0.354. The average Bonchev–Trinajstić information content (AvgIpc) is 2.72. The third kappa shape index (κ3) is 4.01. The third-order valence-corrected chi connectivity index (χ3v) is 5.16. The molecule has 0 bridgehead atoms. The predicted octanol–water partition coefficient (Wildman–Crippen LogP) is 7.33. The second kappa shape index (κ2) is 7.63. The summed E-state index contributed by atoms with van der Waals surface area (Å²) in [6.45, 7) is 6.05. The molecule has 132 valence electrons. The molecule has 0 saturated carbocycles. The van der Waals surface area contributed by atoms with Gasteiger partial charge in [0.2, 0.25) is 0 Å². The summed E-state index contributed by atoms with van der Waals surface area (Å²) >= 11 is 0. The molecule has 0 radical (unpaired) electrons. The number of allylic oxidation sites excluding steroid dienone is 1. The maximum Gasteiger partial charge on any atom is -0.0178 e. The van der Waals surface area contributed by atoms with Crippen LogP contribution < -0.4 is 0 Å². The summed E-state index contributed by atoms with van der Waals surface area (Å²) in [7, 11) is 0. The van der Waals surface area contributed by atoms with Crippen LogP contribution in [0.25, 0.3) is 27.5 Å². The minimum Gasteiger partial charge on any atom is -0.0955 e. The van der Waals surface area contributed by atoms with E-state index in [4.69, 9.17) is 0 Å². The van der Waals surface area contributed by atoms with Crippen molar-refractivity contribution in [2.75, 3.05) is 0 Å². The maximum atomic E-state index is 4.00. The number of fused-ring (bicyclic) bond motifs is 1. The molecule has 4 aromatic carbocycles. The van der Waals surface area contributed by atoms with Crippen LogP contribution in [0.3, 0.4) is 0 Å². The zero-order chi connectivity index (χ0) is 18.6. The van der Waals surface area contributed by atoms with E-state index in [2.05, 4.69) is 97.6 Å². The van der Waals surface area contributed by atoms with Gasteiger partial charge in [0.05, 0.1) is 0 Å². The van der Waals surface area contributed by atoms with E-state index >= 15 is 0 Å². The molecule has 0 aliphatic rings. The maximum absolute atomic E-state index is 4.00. The fraction of sp³-hybridized carbons (Fsp3) is 0.111. The number of hydrogen-bond donors (Lipinski definition) is 0. The van der Waals surface area contributed by atoms with Gasteiger partial charge in [0.25, 0.3) is 0 Å². The van der Waals surface area contributed by atoms with Crippen LogP contribution in [0.1, 0.15) is 23.6 Å². The van der Waals surface area contributed by atoms with Crippen molar-refractivity contribution >= 4 is 16.3 Å². The zero-order valence-electron chi connectivity index (χ0n) is 15.8. The lowest BCUT2D eigenvalue weighted by Crippen LogP contribution is -1.92. The molecular weight excluding hydrogens is 324 g/mol. The molecular formula is C27H24. The van der Waals surface area contributed by atoms with E-state index in [1.165, 1.54) is 38.6 Å². The molecule has 0 aromatic heterocycles. The monoisotopic (exact) mass is 348 g/mol. The van der Waals surface area contributed by atoms with Crippen LogP contribution in [0.4, 0.5) is 0 Å². The molecule has 0 amide bonds. The van der Waals surface area contributed by atoms with E-state index in [0.717, 1.165) is 18.4 Å². The first-order valence-corrected chi connectivity index (χ1v) is 9.52. The highest BCUT2D eigenvalue weighted by Gasteiger charge is 2.02. The van der Waals surface area contributed by atoms with Crippen LogP contribution in [-0.4, -0.2) is 0 Å². The summed E-state index contributed by atoms with van der Waals surface area (Å²) < 4.78 is 0. The number of benzene rings is 4. The summed E-state index contributed by atoms with van der Waals surface area (Å²) in [6.07, 6.45) is 2.12. The molecule has 0 heteroatoms. The van der Waals surface area contributed by atoms with Crippen LogP contribution in [0.15, 0.2) is 97.6 Å². The fourth-order valence-corrected chi connectivity index (χ4v) is 3.51. The topological polar surface area (TPSA) is 0 Å². The second-order valence-corrected chi connectivity index (χ2v) is 7.24. The van der Waals surface area contributed by atoms with E-state index in [1.54, 1.807) is 0 Å². The van der Waals surface area contributed by atoms with Gasteiger partial charge in [-0.2, -0.15) is 0 Å². The normalized spacial score (nSPS) is 10.9. The molecule has 0 unspecified atom stereocenters. The van der Waals surface area contributed by atoms with Gasteiger partial charge in [-0.1, -0.05) is 97.1 Å². The fourth-order valence-electron chi connectivity index (χ4n) is 3.51. The van der Waals surface area contributed by atoms with E-state index in [1.807, 2.05) is 6.92 Å². The molecule has 0 spiro atoms. The van der Waals surface area contributed by atoms with Crippen LogP contribution in [-0.2, 0) is 12.8 Å². The lowest BCUT2D eigenvalue weighted by Gasteiger charge is -2.08. The van der Waals surface area contributed by atoms with Gasteiger partial charge in [-0.15, -0.1) is 0 Å². The smallest absolute Gasteiger partial charge is 0.0178 e. The Morgan fingerprint density at radius 1 is 0.630 bits per heavy atom. The Morgan fingerprint density at radius 2 is 1.26 bits per heavy atom. The molecule has 4 aromatic rings. The Bertz CT molecular complexity index is 1070. The Balaban J connectivity index is 1.51. The van der Waals surface area contributed by atoms with Crippen molar-refractivity contribution in [3.8, 4) is 11.1 Å². The van der Waals surface area contributed by atoms with Gasteiger partial charge in [0.15, 0.2) is 0 Å². The molecule has 0 atom stereocenters. The number of aryl methyl sites for hydroxylation is 2. The van der Waals surface area contributed by atoms with Gasteiger partial charge in [-0.05, 0) is 64.4 Å². The molecule has 0 nitrogen and oxygen atoms in total. The standard InChI is InChI=1S/C27H24/c1-20(2)23-13-10-21(11-14-23)8-9-22-12-15-27-19-26(17-16-25(27)18-22)24-6-4-3-5-7-24/h3-7,10-19H,1,8-9H2,2H3. The third-order valence-electron chi connectivity index (χ3n) is 5.16. The molecule has 0 fully saturated rings. The van der Waals surface area contributed by atoms with E-state index in [-0.39, 0.29) is 0 Å². The van der Waals surface area contributed by atoms with Crippen molar-refractivity contribution in [3.05, 3.63) is 114 Å². The van der Waals surface area contributed by atoms with Crippen LogP contribution in [0.5, 0.6) is 0 Å². The second-order valence-electron chi connectivity index (χ2n) is 7.24. The highest BCUT2D eigenvalue weighted by atomic mass is 14.1. The SMILES string of the molecule is C=C(C)c1ccc(CCc2ccc3cc(-c4ccccc4)ccc3c2)cc1. The van der Waals surface area contributed by atoms with Gasteiger partial charge >= 0.3 is 0 Å². The van der Waals surface area contributed by atoms with Crippen LogP contribution in [0.2, 0.25) is 0 Å². The van der Waals surface area contributed by atoms with E-state index < -0.39 is 0 Å². The van der Waals surface area contributed by atoms with E-state index in [9.17, 15) is 0 Å². The Hall–Kier alpha value is -3.12. The minimum atomic E-state index is 1.06. The highest BCUT2D eigenvalue weighted by Crippen LogP contribution is 2.25. The molecule has 0 saturated heterocycles. The van der Waals surface area contributed by atoms with Gasteiger partial charge in [0.1, 0.15) is 0 Å². The van der Waals surface area contributed by atoms with Crippen molar-refractivity contribution in [1.29, 1.82) is 0 Å². The highest BCUT2D eigenvalue weighted by molar-refractivity contribution is 5.87. The lowest BCUT2D eigenvalue weighted by atomic mass is 9.97. The summed E-state index contributed by atoms with van der Waals surface area (Å²) in [5.74, 6) is 0. The van der Waals surface area contributed by atoms with Gasteiger partial charge in [0, 0.05) is 0 Å². The minimum absolute atomic E-state index is 1.06. The van der Waals surface area contributed by atoms with Crippen molar-refractivity contribution in [1.82, 2.24) is 0 Å². The van der Waals surface area contributed by atoms with Gasteiger partial charge < -0.3 is 0 Å². The summed E-state index contributed by atoms with van der Waals surface area (Å²) in [5.41, 5.74) is 7.64. The summed E-state index contributed by atoms with van der Waals surface area (Å²) in [6, 6.07) is 32.9. The van der Waals surface area contributed by atoms with Gasteiger partial charge in [-0.25, -0.2) is 0 Å². The first-order valence-electron chi connectivity index (χ1n) is 9.52. The Morgan fingerprint density at radius 3 is 2.00 bits per heavy atom. The average molecular weight is 348 g/mol. The largest absolute Gasteiger partial charge is 0.0955 e. The lowest BCUT2D eigenvalue weighted by molar-refractivity contribution is 0.962. The molecule has 4 rings (SSSR count). The molecule has 0 aliphatic carbocycles. The van der Waals surface area contributed by atoms with Crippen molar-refractivity contribution in [2.45, 2.75) is 19.8 Å².